The van der Waals surface area contributed by atoms with Gasteiger partial charge >= 0.3 is 0 Å². The molecule has 0 saturated carbocycles. The van der Waals surface area contributed by atoms with Crippen LogP contribution in [0.4, 0.5) is 0 Å². The third kappa shape index (κ3) is 5.27. The minimum absolute atomic E-state index is 0.106. The molecule has 3 N–H and O–H groups in total. The monoisotopic (exact) mass is 329 g/mol. The first-order chi connectivity index (χ1) is 11.2. The first-order valence-corrected chi connectivity index (χ1v) is 7.71. The fourth-order valence-corrected chi connectivity index (χ4v) is 2.15. The molecule has 23 heavy (non-hydrogen) atoms. The van der Waals surface area contributed by atoms with Gasteiger partial charge in [-0.3, -0.25) is 15.6 Å². The molecule has 0 fully saturated rings. The van der Waals surface area contributed by atoms with Crippen molar-refractivity contribution in [3.8, 4) is 16.9 Å². The zero-order valence-electron chi connectivity index (χ0n) is 12.8. The van der Waals surface area contributed by atoms with Gasteiger partial charge in [0.1, 0.15) is 5.75 Å². The second-order valence-corrected chi connectivity index (χ2v) is 5.09. The van der Waals surface area contributed by atoms with Crippen molar-refractivity contribution >= 4 is 23.2 Å². The molecule has 0 aliphatic rings. The Balaban J connectivity index is 1.94. The Morgan fingerprint density at radius 2 is 1.74 bits per heavy atom. The van der Waals surface area contributed by atoms with Crippen LogP contribution in [0.5, 0.6) is 5.75 Å². The van der Waals surface area contributed by atoms with Crippen molar-refractivity contribution in [1.82, 2.24) is 16.2 Å². The molecule has 0 aliphatic heterocycles. The Hall–Kier alpha value is -2.60. The second kappa shape index (κ2) is 8.75. The first kappa shape index (κ1) is 16.8. The maximum atomic E-state index is 11.8. The lowest BCUT2D eigenvalue weighted by Crippen LogP contribution is -2.48. The average molecular weight is 329 g/mol. The summed E-state index contributed by atoms with van der Waals surface area (Å²) in [6, 6.07) is 17.5. The second-order valence-electron chi connectivity index (χ2n) is 4.68. The summed E-state index contributed by atoms with van der Waals surface area (Å²) in [5.74, 6) is 0.344. The summed E-state index contributed by atoms with van der Waals surface area (Å²) in [5.41, 5.74) is 7.06. The number of para-hydroxylation sites is 1. The zero-order chi connectivity index (χ0) is 16.5. The van der Waals surface area contributed by atoms with Crippen LogP contribution >= 0.6 is 12.2 Å². The van der Waals surface area contributed by atoms with Gasteiger partial charge in [-0.05, 0) is 30.8 Å². The summed E-state index contributed by atoms with van der Waals surface area (Å²) in [7, 11) is 0. The summed E-state index contributed by atoms with van der Waals surface area (Å²) >= 11 is 4.96. The van der Waals surface area contributed by atoms with Crippen molar-refractivity contribution in [1.29, 1.82) is 0 Å². The van der Waals surface area contributed by atoms with Crippen LogP contribution in [0.15, 0.2) is 54.6 Å². The number of thiocarbonyl (C=S) groups is 1. The van der Waals surface area contributed by atoms with Gasteiger partial charge < -0.3 is 10.1 Å². The molecule has 5 nitrogen and oxygen atoms in total. The molecule has 0 radical (unpaired) electrons. The highest BCUT2D eigenvalue weighted by atomic mass is 32.1. The van der Waals surface area contributed by atoms with Crippen molar-refractivity contribution in [3.63, 3.8) is 0 Å². The number of nitrogens with one attached hydrogen (secondary N) is 3. The number of hydrazine groups is 1. The van der Waals surface area contributed by atoms with E-state index in [4.69, 9.17) is 17.0 Å². The highest BCUT2D eigenvalue weighted by Gasteiger charge is 2.08. The third-order valence-corrected chi connectivity index (χ3v) is 3.23. The van der Waals surface area contributed by atoms with Crippen molar-refractivity contribution in [2.45, 2.75) is 6.92 Å². The van der Waals surface area contributed by atoms with Crippen LogP contribution in [0.1, 0.15) is 6.92 Å². The molecule has 2 aromatic carbocycles. The molecule has 0 bridgehead atoms. The van der Waals surface area contributed by atoms with Crippen molar-refractivity contribution in [2.75, 3.05) is 13.2 Å². The van der Waals surface area contributed by atoms with Gasteiger partial charge in [0.15, 0.2) is 11.7 Å². The molecule has 1 amide bonds. The third-order valence-electron chi connectivity index (χ3n) is 2.98. The Labute approximate surface area is 141 Å². The molecular formula is C17H19N3O2S. The smallest absolute Gasteiger partial charge is 0.276 e. The zero-order valence-corrected chi connectivity index (χ0v) is 13.7. The lowest BCUT2D eigenvalue weighted by Gasteiger charge is -2.13. The fraction of sp³-hybridized carbons (Fsp3) is 0.176. The summed E-state index contributed by atoms with van der Waals surface area (Å²) in [6.45, 7) is 2.49. The molecule has 0 aliphatic carbocycles. The molecule has 120 valence electrons. The molecule has 0 heterocycles. The molecule has 0 atom stereocenters. The number of carbonyl (C=O) groups excluding carboxylic acids is 1. The maximum Gasteiger partial charge on any atom is 0.276 e. The van der Waals surface area contributed by atoms with Gasteiger partial charge in [0.2, 0.25) is 0 Å². The molecule has 0 saturated heterocycles. The average Bonchev–Trinajstić information content (AvgIpc) is 2.59. The molecule has 2 rings (SSSR count). The standard InChI is InChI=1S/C17H19N3O2S/c1-2-18-17(23)20-19-16(21)12-22-15-11-7-6-10-14(15)13-8-4-3-5-9-13/h3-11H,2,12H2,1H3,(H,19,21)(H2,18,20,23). The number of ether oxygens (including phenoxy) is 1. The van der Waals surface area contributed by atoms with Gasteiger partial charge in [-0.15, -0.1) is 0 Å². The van der Waals surface area contributed by atoms with E-state index in [9.17, 15) is 4.79 Å². The Bertz CT molecular complexity index is 662. The lowest BCUT2D eigenvalue weighted by atomic mass is 10.1. The minimum Gasteiger partial charge on any atom is -0.483 e. The minimum atomic E-state index is -0.312. The molecule has 0 unspecified atom stereocenters. The van der Waals surface area contributed by atoms with Gasteiger partial charge in [-0.2, -0.15) is 0 Å². The Kier molecular flexibility index (Phi) is 6.38. The van der Waals surface area contributed by atoms with E-state index in [0.29, 0.717) is 17.4 Å². The predicted octanol–water partition coefficient (Wildman–Crippen LogP) is 2.25. The number of carbonyl (C=O) groups is 1. The Morgan fingerprint density at radius 1 is 1.04 bits per heavy atom. The SMILES string of the molecule is CCNC(=S)NNC(=O)COc1ccccc1-c1ccccc1. The summed E-state index contributed by atoms with van der Waals surface area (Å²) in [4.78, 5) is 11.8. The van der Waals surface area contributed by atoms with E-state index in [-0.39, 0.29) is 12.5 Å². The van der Waals surface area contributed by atoms with Crippen molar-refractivity contribution < 1.29 is 9.53 Å². The van der Waals surface area contributed by atoms with Gasteiger partial charge in [0, 0.05) is 12.1 Å². The van der Waals surface area contributed by atoms with Crippen LogP contribution in [-0.4, -0.2) is 24.2 Å². The largest absolute Gasteiger partial charge is 0.483 e. The van der Waals surface area contributed by atoms with E-state index in [2.05, 4.69) is 16.2 Å². The van der Waals surface area contributed by atoms with Gasteiger partial charge in [-0.1, -0.05) is 48.5 Å². The fourth-order valence-electron chi connectivity index (χ4n) is 1.96. The number of hydrogen-bond donors (Lipinski definition) is 3. The molecule has 0 spiro atoms. The predicted molar refractivity (Wildman–Crippen MR) is 94.9 cm³/mol. The quantitative estimate of drug-likeness (QED) is 0.580. The van der Waals surface area contributed by atoms with Crippen LogP contribution < -0.4 is 20.9 Å². The summed E-state index contributed by atoms with van der Waals surface area (Å²) in [6.07, 6.45) is 0. The molecular weight excluding hydrogens is 310 g/mol. The van der Waals surface area contributed by atoms with Crippen LogP contribution in [0.25, 0.3) is 11.1 Å². The lowest BCUT2D eigenvalue weighted by molar-refractivity contribution is -0.123. The molecule has 2 aromatic rings. The topological polar surface area (TPSA) is 62.4 Å². The van der Waals surface area contributed by atoms with E-state index in [1.807, 2.05) is 61.5 Å². The number of benzene rings is 2. The highest BCUT2D eigenvalue weighted by Crippen LogP contribution is 2.29. The van der Waals surface area contributed by atoms with E-state index < -0.39 is 0 Å². The molecule has 0 aromatic heterocycles. The van der Waals surface area contributed by atoms with Gasteiger partial charge in [-0.25, -0.2) is 0 Å². The van der Waals surface area contributed by atoms with Crippen molar-refractivity contribution in [2.24, 2.45) is 0 Å². The number of amides is 1. The first-order valence-electron chi connectivity index (χ1n) is 7.30. The van der Waals surface area contributed by atoms with Gasteiger partial charge in [0.25, 0.3) is 5.91 Å². The van der Waals surface area contributed by atoms with Crippen LogP contribution in [0.2, 0.25) is 0 Å². The van der Waals surface area contributed by atoms with E-state index in [0.717, 1.165) is 11.1 Å². The number of hydrogen-bond acceptors (Lipinski definition) is 3. The highest BCUT2D eigenvalue weighted by molar-refractivity contribution is 7.80. The van der Waals surface area contributed by atoms with E-state index in [1.54, 1.807) is 0 Å². The Morgan fingerprint density at radius 3 is 2.48 bits per heavy atom. The normalized spacial score (nSPS) is 9.78. The van der Waals surface area contributed by atoms with Crippen molar-refractivity contribution in [3.05, 3.63) is 54.6 Å². The van der Waals surface area contributed by atoms with Crippen LogP contribution in [0, 0.1) is 0 Å². The summed E-state index contributed by atoms with van der Waals surface area (Å²) in [5, 5.41) is 3.24. The van der Waals surface area contributed by atoms with Crippen LogP contribution in [-0.2, 0) is 4.79 Å². The molecule has 6 heteroatoms. The van der Waals surface area contributed by atoms with E-state index in [1.165, 1.54) is 0 Å². The number of rotatable bonds is 5. The maximum absolute atomic E-state index is 11.8. The van der Waals surface area contributed by atoms with Gasteiger partial charge in [0.05, 0.1) is 0 Å². The van der Waals surface area contributed by atoms with Crippen LogP contribution in [0.3, 0.4) is 0 Å². The van der Waals surface area contributed by atoms with E-state index >= 15 is 0 Å². The summed E-state index contributed by atoms with van der Waals surface area (Å²) < 4.78 is 5.63.